The lowest BCUT2D eigenvalue weighted by atomic mass is 10.1. The summed E-state index contributed by atoms with van der Waals surface area (Å²) in [6.45, 7) is 0.480. The SMILES string of the molecule is O=C(O)CC[n+]1ccc(/C=C\c2cccc(Cl)c2)cc1.[Cl-]. The number of carboxylic acid groups (broad SMARTS) is 1. The molecule has 1 aromatic carbocycles. The van der Waals surface area contributed by atoms with Crippen molar-refractivity contribution in [3.63, 3.8) is 0 Å². The van der Waals surface area contributed by atoms with Crippen molar-refractivity contribution in [3.05, 3.63) is 64.9 Å². The van der Waals surface area contributed by atoms with E-state index in [1.165, 1.54) is 0 Å². The number of aromatic nitrogens is 1. The molecule has 0 saturated heterocycles. The molecule has 0 bridgehead atoms. The third-order valence-corrected chi connectivity index (χ3v) is 3.05. The molecule has 0 aliphatic rings. The minimum Gasteiger partial charge on any atom is -1.00 e. The van der Waals surface area contributed by atoms with Crippen LogP contribution < -0.4 is 17.0 Å². The Morgan fingerprint density at radius 1 is 1.14 bits per heavy atom. The summed E-state index contributed by atoms with van der Waals surface area (Å²) >= 11 is 5.92. The molecule has 1 N–H and O–H groups in total. The average molecular weight is 324 g/mol. The van der Waals surface area contributed by atoms with E-state index in [1.807, 2.05) is 65.5 Å². The second-order valence-electron chi connectivity index (χ2n) is 4.40. The summed E-state index contributed by atoms with van der Waals surface area (Å²) in [6, 6.07) is 11.5. The van der Waals surface area contributed by atoms with Crippen molar-refractivity contribution in [3.8, 4) is 0 Å². The zero-order chi connectivity index (χ0) is 14.4. The number of rotatable bonds is 5. The van der Waals surface area contributed by atoms with E-state index in [-0.39, 0.29) is 18.8 Å². The molecule has 0 radical (unpaired) electrons. The molecular formula is C16H15Cl2NO2. The van der Waals surface area contributed by atoms with Crippen LogP contribution in [0.1, 0.15) is 17.5 Å². The first-order valence-electron chi connectivity index (χ1n) is 6.28. The van der Waals surface area contributed by atoms with E-state index in [1.54, 1.807) is 0 Å². The Morgan fingerprint density at radius 2 is 1.81 bits per heavy atom. The van der Waals surface area contributed by atoms with Gasteiger partial charge >= 0.3 is 5.97 Å². The highest BCUT2D eigenvalue weighted by Crippen LogP contribution is 2.13. The molecule has 0 atom stereocenters. The summed E-state index contributed by atoms with van der Waals surface area (Å²) in [5, 5.41) is 9.34. The molecule has 3 nitrogen and oxygen atoms in total. The number of aliphatic carboxylic acids is 1. The number of hydrogen-bond acceptors (Lipinski definition) is 1. The normalized spacial score (nSPS) is 10.3. The molecule has 0 unspecified atom stereocenters. The topological polar surface area (TPSA) is 41.2 Å². The summed E-state index contributed by atoms with van der Waals surface area (Å²) in [4.78, 5) is 10.5. The molecule has 110 valence electrons. The quantitative estimate of drug-likeness (QED) is 0.803. The maximum absolute atomic E-state index is 10.5. The monoisotopic (exact) mass is 323 g/mol. The van der Waals surface area contributed by atoms with Gasteiger partial charge in [0.25, 0.3) is 0 Å². The second-order valence-corrected chi connectivity index (χ2v) is 4.84. The van der Waals surface area contributed by atoms with Gasteiger partial charge in [0.15, 0.2) is 18.9 Å². The fourth-order valence-corrected chi connectivity index (χ4v) is 1.96. The third kappa shape index (κ3) is 5.98. The van der Waals surface area contributed by atoms with Gasteiger partial charge in [-0.05, 0) is 23.3 Å². The Kier molecular flexibility index (Phi) is 6.92. The Bertz CT molecular complexity index is 624. The smallest absolute Gasteiger partial charge is 0.309 e. The van der Waals surface area contributed by atoms with Gasteiger partial charge in [0, 0.05) is 17.2 Å². The predicted molar refractivity (Wildman–Crippen MR) is 79.3 cm³/mol. The Balaban J connectivity index is 0.00000220. The van der Waals surface area contributed by atoms with Crippen LogP contribution in [0.25, 0.3) is 12.2 Å². The fraction of sp³-hybridized carbons (Fsp3) is 0.125. The summed E-state index contributed by atoms with van der Waals surface area (Å²) in [7, 11) is 0. The molecule has 0 spiro atoms. The number of pyridine rings is 1. The summed E-state index contributed by atoms with van der Waals surface area (Å²) in [5.74, 6) is -0.789. The number of benzene rings is 1. The molecule has 0 aliphatic carbocycles. The molecule has 1 aromatic heterocycles. The van der Waals surface area contributed by atoms with Crippen molar-refractivity contribution in [1.82, 2.24) is 0 Å². The van der Waals surface area contributed by atoms with Gasteiger partial charge in [-0.15, -0.1) is 0 Å². The lowest BCUT2D eigenvalue weighted by molar-refractivity contribution is -0.696. The predicted octanol–water partition coefficient (Wildman–Crippen LogP) is 0.277. The zero-order valence-electron chi connectivity index (χ0n) is 11.2. The molecule has 0 fully saturated rings. The van der Waals surface area contributed by atoms with Crippen LogP contribution in [0, 0.1) is 0 Å². The van der Waals surface area contributed by atoms with Gasteiger partial charge in [-0.1, -0.05) is 35.9 Å². The van der Waals surface area contributed by atoms with Crippen LogP contribution in [0.5, 0.6) is 0 Å². The van der Waals surface area contributed by atoms with E-state index < -0.39 is 5.97 Å². The number of carboxylic acids is 1. The van der Waals surface area contributed by atoms with Gasteiger partial charge in [0.2, 0.25) is 0 Å². The maximum atomic E-state index is 10.5. The lowest BCUT2D eigenvalue weighted by Gasteiger charge is -1.96. The zero-order valence-corrected chi connectivity index (χ0v) is 12.8. The third-order valence-electron chi connectivity index (χ3n) is 2.82. The highest BCUT2D eigenvalue weighted by atomic mass is 35.5. The van der Waals surface area contributed by atoms with Crippen LogP contribution in [-0.2, 0) is 11.3 Å². The number of hydrogen-bond donors (Lipinski definition) is 1. The van der Waals surface area contributed by atoms with Crippen molar-refractivity contribution in [2.24, 2.45) is 0 Å². The molecular weight excluding hydrogens is 309 g/mol. The summed E-state index contributed by atoms with van der Waals surface area (Å²) < 4.78 is 1.85. The van der Waals surface area contributed by atoms with E-state index in [0.717, 1.165) is 11.1 Å². The number of halogens is 2. The van der Waals surface area contributed by atoms with Gasteiger partial charge in [-0.3, -0.25) is 4.79 Å². The molecule has 0 amide bonds. The van der Waals surface area contributed by atoms with Crippen LogP contribution in [0.4, 0.5) is 0 Å². The highest BCUT2D eigenvalue weighted by molar-refractivity contribution is 6.30. The van der Waals surface area contributed by atoms with E-state index in [0.29, 0.717) is 11.6 Å². The first-order valence-corrected chi connectivity index (χ1v) is 6.66. The first kappa shape index (κ1) is 17.2. The standard InChI is InChI=1S/C16H14ClNO2.ClH/c17-15-3-1-2-14(12-15)5-4-13-6-9-18(10-7-13)11-8-16(19)20;/h1-7,9-10,12H,8,11H2;1H/b5-4-;. The van der Waals surface area contributed by atoms with E-state index in [2.05, 4.69) is 0 Å². The average Bonchev–Trinajstić information content (AvgIpc) is 2.44. The maximum Gasteiger partial charge on any atom is 0.309 e. The molecule has 21 heavy (non-hydrogen) atoms. The van der Waals surface area contributed by atoms with Crippen molar-refractivity contribution >= 4 is 29.7 Å². The van der Waals surface area contributed by atoms with Crippen LogP contribution >= 0.6 is 11.6 Å². The second kappa shape index (κ2) is 8.45. The Labute approximate surface area is 134 Å². The molecule has 2 aromatic rings. The van der Waals surface area contributed by atoms with Gasteiger partial charge in [0.1, 0.15) is 6.42 Å². The van der Waals surface area contributed by atoms with Crippen LogP contribution in [0.2, 0.25) is 5.02 Å². The summed E-state index contributed by atoms with van der Waals surface area (Å²) in [6.07, 6.45) is 7.86. The molecule has 5 heteroatoms. The van der Waals surface area contributed by atoms with Crippen LogP contribution in [0.3, 0.4) is 0 Å². The van der Waals surface area contributed by atoms with Crippen molar-refractivity contribution in [2.45, 2.75) is 13.0 Å². The van der Waals surface area contributed by atoms with E-state index >= 15 is 0 Å². The van der Waals surface area contributed by atoms with Gasteiger partial charge in [0.05, 0.1) is 0 Å². The molecule has 2 rings (SSSR count). The Hall–Kier alpha value is -1.84. The van der Waals surface area contributed by atoms with E-state index in [4.69, 9.17) is 16.7 Å². The highest BCUT2D eigenvalue weighted by Gasteiger charge is 2.03. The number of aryl methyl sites for hydroxylation is 1. The number of carbonyl (C=O) groups is 1. The van der Waals surface area contributed by atoms with Crippen LogP contribution in [-0.4, -0.2) is 11.1 Å². The lowest BCUT2D eigenvalue weighted by Crippen LogP contribution is -3.00. The minimum atomic E-state index is -0.789. The largest absolute Gasteiger partial charge is 1.00 e. The van der Waals surface area contributed by atoms with Crippen LogP contribution in [0.15, 0.2) is 48.8 Å². The van der Waals surface area contributed by atoms with Crippen molar-refractivity contribution in [2.75, 3.05) is 0 Å². The summed E-state index contributed by atoms with van der Waals surface area (Å²) in [5.41, 5.74) is 2.09. The van der Waals surface area contributed by atoms with Crippen molar-refractivity contribution in [1.29, 1.82) is 0 Å². The Morgan fingerprint density at radius 3 is 2.43 bits per heavy atom. The molecule has 0 saturated carbocycles. The molecule has 0 aliphatic heterocycles. The fourth-order valence-electron chi connectivity index (χ4n) is 1.76. The van der Waals surface area contributed by atoms with E-state index in [9.17, 15) is 4.79 Å². The van der Waals surface area contributed by atoms with Crippen molar-refractivity contribution < 1.29 is 26.9 Å². The van der Waals surface area contributed by atoms with Gasteiger partial charge < -0.3 is 17.5 Å². The van der Waals surface area contributed by atoms with Gasteiger partial charge in [-0.25, -0.2) is 4.57 Å². The molecule has 1 heterocycles. The van der Waals surface area contributed by atoms with Gasteiger partial charge in [-0.2, -0.15) is 0 Å². The number of nitrogens with zero attached hydrogens (tertiary/aromatic N) is 1. The minimum absolute atomic E-state index is 0. The first-order chi connectivity index (χ1) is 9.63.